The van der Waals surface area contributed by atoms with E-state index in [9.17, 15) is 9.59 Å². The van der Waals surface area contributed by atoms with E-state index in [1.807, 2.05) is 25.3 Å². The van der Waals surface area contributed by atoms with Gasteiger partial charge in [-0.25, -0.2) is 9.78 Å². The Morgan fingerprint density at radius 3 is 3.08 bits per heavy atom. The van der Waals surface area contributed by atoms with Gasteiger partial charge in [-0.2, -0.15) is 0 Å². The summed E-state index contributed by atoms with van der Waals surface area (Å²) in [5, 5.41) is 3.03. The molecule has 124 valence electrons. The number of rotatable bonds is 2. The lowest BCUT2D eigenvalue weighted by Crippen LogP contribution is -2.48. The first kappa shape index (κ1) is 14.9. The number of ether oxygens (including phenoxy) is 1. The van der Waals surface area contributed by atoms with E-state index < -0.39 is 12.1 Å². The highest BCUT2D eigenvalue weighted by Crippen LogP contribution is 2.21. The van der Waals surface area contributed by atoms with Crippen LogP contribution >= 0.6 is 0 Å². The Balaban J connectivity index is 1.43. The van der Waals surface area contributed by atoms with Gasteiger partial charge in [0.25, 0.3) is 5.91 Å². The average molecular weight is 325 g/mol. The lowest BCUT2D eigenvalue weighted by Gasteiger charge is -2.28. The maximum atomic E-state index is 12.5. The number of nitrogens with zero attached hydrogens (tertiary/aromatic N) is 2. The van der Waals surface area contributed by atoms with Gasteiger partial charge in [0.05, 0.1) is 11.3 Å². The highest BCUT2D eigenvalue weighted by Gasteiger charge is 2.32. The van der Waals surface area contributed by atoms with Crippen LogP contribution in [0.4, 0.5) is 0 Å². The van der Waals surface area contributed by atoms with Gasteiger partial charge < -0.3 is 14.6 Å². The van der Waals surface area contributed by atoms with Crippen LogP contribution in [0.25, 0.3) is 0 Å². The summed E-state index contributed by atoms with van der Waals surface area (Å²) in [6.45, 7) is 2.68. The Bertz CT molecular complexity index is 812. The minimum absolute atomic E-state index is 0.0365. The summed E-state index contributed by atoms with van der Waals surface area (Å²) in [5.74, 6) is 0.423. The number of benzene rings is 1. The van der Waals surface area contributed by atoms with Gasteiger partial charge >= 0.3 is 5.97 Å². The molecule has 0 bridgehead atoms. The zero-order valence-corrected chi connectivity index (χ0v) is 13.5. The van der Waals surface area contributed by atoms with Crippen molar-refractivity contribution in [3.63, 3.8) is 0 Å². The topological polar surface area (TPSA) is 73.2 Å². The number of imidazole rings is 1. The second-order valence-electron chi connectivity index (χ2n) is 6.45. The third kappa shape index (κ3) is 2.68. The van der Waals surface area contributed by atoms with Gasteiger partial charge in [0.2, 0.25) is 0 Å². The molecule has 2 unspecified atom stereocenters. The Hall–Kier alpha value is -2.63. The Labute approximate surface area is 139 Å². The standard InChI is InChI=1S/C18H19N3O3/c1-11-9-21-10-13(6-7-16(21)19-11)20-17(22)15-8-12-4-2-3-5-14(12)18(23)24-15/h2-5,9,13,15H,6-8,10H2,1H3,(H,20,22). The van der Waals surface area contributed by atoms with E-state index in [1.54, 1.807) is 12.1 Å². The lowest BCUT2D eigenvalue weighted by atomic mass is 9.98. The van der Waals surface area contributed by atoms with Gasteiger partial charge in [-0.15, -0.1) is 0 Å². The van der Waals surface area contributed by atoms with Gasteiger partial charge in [0.15, 0.2) is 6.10 Å². The minimum Gasteiger partial charge on any atom is -0.448 e. The van der Waals surface area contributed by atoms with Crippen LogP contribution in [0.2, 0.25) is 0 Å². The van der Waals surface area contributed by atoms with Crippen molar-refractivity contribution in [1.29, 1.82) is 0 Å². The monoisotopic (exact) mass is 325 g/mol. The van der Waals surface area contributed by atoms with E-state index in [1.165, 1.54) is 0 Å². The normalized spacial score (nSPS) is 22.3. The summed E-state index contributed by atoms with van der Waals surface area (Å²) in [7, 11) is 0. The van der Waals surface area contributed by atoms with E-state index in [4.69, 9.17) is 4.74 Å². The maximum absolute atomic E-state index is 12.5. The van der Waals surface area contributed by atoms with Crippen molar-refractivity contribution in [3.05, 3.63) is 53.1 Å². The van der Waals surface area contributed by atoms with E-state index in [2.05, 4.69) is 14.9 Å². The molecule has 3 heterocycles. The van der Waals surface area contributed by atoms with Gasteiger partial charge in [0.1, 0.15) is 5.82 Å². The van der Waals surface area contributed by atoms with Crippen LogP contribution in [-0.4, -0.2) is 33.6 Å². The summed E-state index contributed by atoms with van der Waals surface area (Å²) < 4.78 is 7.41. The van der Waals surface area contributed by atoms with Crippen LogP contribution in [0, 0.1) is 6.92 Å². The summed E-state index contributed by atoms with van der Waals surface area (Å²) in [6, 6.07) is 7.31. The van der Waals surface area contributed by atoms with Crippen LogP contribution in [0.5, 0.6) is 0 Å². The van der Waals surface area contributed by atoms with Crippen molar-refractivity contribution in [3.8, 4) is 0 Å². The first-order valence-corrected chi connectivity index (χ1v) is 8.22. The van der Waals surface area contributed by atoms with Crippen LogP contribution in [-0.2, 0) is 28.9 Å². The molecule has 24 heavy (non-hydrogen) atoms. The molecule has 4 rings (SSSR count). The molecule has 2 aliphatic heterocycles. The predicted octanol–water partition coefficient (Wildman–Crippen LogP) is 1.40. The first-order valence-electron chi connectivity index (χ1n) is 8.22. The molecule has 1 amide bonds. The highest BCUT2D eigenvalue weighted by atomic mass is 16.5. The molecule has 0 saturated heterocycles. The van der Waals surface area contributed by atoms with Gasteiger partial charge in [-0.1, -0.05) is 18.2 Å². The Morgan fingerprint density at radius 1 is 1.38 bits per heavy atom. The number of amides is 1. The van der Waals surface area contributed by atoms with Crippen LogP contribution in [0.3, 0.4) is 0 Å². The number of carbonyl (C=O) groups excluding carboxylic acids is 2. The number of cyclic esters (lactones) is 1. The molecule has 6 nitrogen and oxygen atoms in total. The van der Waals surface area contributed by atoms with E-state index in [0.717, 1.165) is 29.9 Å². The molecule has 1 N–H and O–H groups in total. The SMILES string of the molecule is Cc1cn2c(n1)CCC(NC(=O)C1Cc3ccccc3C(=O)O1)C2. The summed E-state index contributed by atoms with van der Waals surface area (Å²) in [6.07, 6.45) is 3.37. The van der Waals surface area contributed by atoms with Crippen molar-refractivity contribution < 1.29 is 14.3 Å². The third-order valence-corrected chi connectivity index (χ3v) is 4.64. The second-order valence-corrected chi connectivity index (χ2v) is 6.45. The number of carbonyl (C=O) groups is 2. The number of esters is 1. The van der Waals surface area contributed by atoms with E-state index in [-0.39, 0.29) is 11.9 Å². The fourth-order valence-corrected chi connectivity index (χ4v) is 3.48. The number of hydrogen-bond acceptors (Lipinski definition) is 4. The number of hydrogen-bond donors (Lipinski definition) is 1. The molecule has 6 heteroatoms. The summed E-state index contributed by atoms with van der Waals surface area (Å²) >= 11 is 0. The Morgan fingerprint density at radius 2 is 2.21 bits per heavy atom. The number of aromatic nitrogens is 2. The summed E-state index contributed by atoms with van der Waals surface area (Å²) in [5.41, 5.74) is 2.41. The second kappa shape index (κ2) is 5.78. The fraction of sp³-hybridized carbons (Fsp3) is 0.389. The highest BCUT2D eigenvalue weighted by molar-refractivity contribution is 5.95. The molecule has 0 spiro atoms. The molecule has 1 aromatic heterocycles. The number of fused-ring (bicyclic) bond motifs is 2. The zero-order chi connectivity index (χ0) is 16.7. The van der Waals surface area contributed by atoms with Crippen LogP contribution in [0.1, 0.15) is 33.9 Å². The molecule has 1 aromatic carbocycles. The maximum Gasteiger partial charge on any atom is 0.339 e. The van der Waals surface area contributed by atoms with Gasteiger partial charge in [-0.05, 0) is 25.0 Å². The predicted molar refractivity (Wildman–Crippen MR) is 86.6 cm³/mol. The smallest absolute Gasteiger partial charge is 0.339 e. The van der Waals surface area contributed by atoms with E-state index in [0.29, 0.717) is 18.5 Å². The van der Waals surface area contributed by atoms with Crippen LogP contribution < -0.4 is 5.32 Å². The van der Waals surface area contributed by atoms with Crippen molar-refractivity contribution in [2.45, 2.75) is 44.9 Å². The molecular weight excluding hydrogens is 306 g/mol. The summed E-state index contributed by atoms with van der Waals surface area (Å²) in [4.78, 5) is 29.0. The average Bonchev–Trinajstić information content (AvgIpc) is 2.94. The van der Waals surface area contributed by atoms with E-state index >= 15 is 0 Å². The molecule has 2 aliphatic rings. The van der Waals surface area contributed by atoms with Crippen molar-refractivity contribution in [2.24, 2.45) is 0 Å². The first-order chi connectivity index (χ1) is 11.6. The lowest BCUT2D eigenvalue weighted by molar-refractivity contribution is -0.131. The fourth-order valence-electron chi connectivity index (χ4n) is 3.48. The Kier molecular flexibility index (Phi) is 3.59. The van der Waals surface area contributed by atoms with Crippen molar-refractivity contribution in [2.75, 3.05) is 0 Å². The minimum atomic E-state index is -0.752. The molecule has 2 atom stereocenters. The van der Waals surface area contributed by atoms with Gasteiger partial charge in [0, 0.05) is 31.6 Å². The number of nitrogens with one attached hydrogen (secondary N) is 1. The molecule has 0 aliphatic carbocycles. The molecular formula is C18H19N3O3. The van der Waals surface area contributed by atoms with Gasteiger partial charge in [-0.3, -0.25) is 4.79 Å². The molecule has 2 aromatic rings. The largest absolute Gasteiger partial charge is 0.448 e. The zero-order valence-electron chi connectivity index (χ0n) is 13.5. The molecule has 0 saturated carbocycles. The molecule has 0 fully saturated rings. The quantitative estimate of drug-likeness (QED) is 0.847. The van der Waals surface area contributed by atoms with Crippen LogP contribution in [0.15, 0.2) is 30.5 Å². The molecule has 0 radical (unpaired) electrons. The van der Waals surface area contributed by atoms with Crippen molar-refractivity contribution in [1.82, 2.24) is 14.9 Å². The van der Waals surface area contributed by atoms with Crippen molar-refractivity contribution >= 4 is 11.9 Å². The number of aryl methyl sites for hydroxylation is 2. The third-order valence-electron chi connectivity index (χ3n) is 4.64.